The minimum Gasteiger partial charge on any atom is -0.340 e. The largest absolute Gasteiger partial charge is 0.340 e. The molecule has 0 spiro atoms. The maximum Gasteiger partial charge on any atom is 0.0553 e. The Morgan fingerprint density at radius 1 is 0.833 bits per heavy atom. The average Bonchev–Trinajstić information content (AvgIpc) is 3.31. The third-order valence-electron chi connectivity index (χ3n) is 7.10. The van der Waals surface area contributed by atoms with Crippen LogP contribution in [0, 0.1) is 6.92 Å². The van der Waals surface area contributed by atoms with Crippen LogP contribution in [0.15, 0.2) is 52.3 Å². The monoisotopic (exact) mass is 421 g/mol. The molecular formula is C26H35N3S. The lowest BCUT2D eigenvalue weighted by Gasteiger charge is -2.37. The Hall–Kier alpha value is -1.49. The zero-order valence-corrected chi connectivity index (χ0v) is 19.2. The number of aryl methyl sites for hydroxylation is 1. The Morgan fingerprint density at radius 3 is 2.40 bits per heavy atom. The Bertz CT molecular complexity index is 853. The van der Waals surface area contributed by atoms with Crippen LogP contribution in [0.1, 0.15) is 44.1 Å². The SMILES string of the molecule is Cc1ccc2c(c1)Sc1ccccc1N2CCCCN1CCC(N2CCCC2)CC1. The van der Waals surface area contributed by atoms with Gasteiger partial charge in [-0.2, -0.15) is 0 Å². The molecule has 0 radical (unpaired) electrons. The first-order chi connectivity index (χ1) is 14.8. The van der Waals surface area contributed by atoms with Gasteiger partial charge in [-0.15, -0.1) is 0 Å². The number of benzene rings is 2. The Labute approximate surface area is 186 Å². The van der Waals surface area contributed by atoms with Crippen molar-refractivity contribution >= 4 is 23.1 Å². The highest BCUT2D eigenvalue weighted by molar-refractivity contribution is 7.99. The molecule has 2 fully saturated rings. The van der Waals surface area contributed by atoms with E-state index >= 15 is 0 Å². The van der Waals surface area contributed by atoms with Gasteiger partial charge < -0.3 is 14.7 Å². The van der Waals surface area contributed by atoms with Crippen molar-refractivity contribution < 1.29 is 0 Å². The minimum absolute atomic E-state index is 0.867. The zero-order valence-electron chi connectivity index (χ0n) is 18.4. The van der Waals surface area contributed by atoms with Gasteiger partial charge in [0, 0.05) is 22.4 Å². The van der Waals surface area contributed by atoms with Gasteiger partial charge in [-0.3, -0.25) is 0 Å². The third-order valence-corrected chi connectivity index (χ3v) is 8.21. The van der Waals surface area contributed by atoms with Crippen LogP contribution in [0.25, 0.3) is 0 Å². The van der Waals surface area contributed by atoms with Crippen LogP contribution in [0.4, 0.5) is 11.4 Å². The number of anilines is 2. The zero-order chi connectivity index (χ0) is 20.3. The number of rotatable bonds is 6. The predicted octanol–water partition coefficient (Wildman–Crippen LogP) is 5.94. The van der Waals surface area contributed by atoms with Crippen molar-refractivity contribution in [1.29, 1.82) is 0 Å². The summed E-state index contributed by atoms with van der Waals surface area (Å²) in [5.74, 6) is 0. The predicted molar refractivity (Wildman–Crippen MR) is 128 cm³/mol. The Balaban J connectivity index is 1.15. The average molecular weight is 422 g/mol. The molecule has 3 aliphatic rings. The third kappa shape index (κ3) is 4.42. The fraction of sp³-hybridized carbons (Fsp3) is 0.538. The summed E-state index contributed by atoms with van der Waals surface area (Å²) in [7, 11) is 0. The molecule has 5 rings (SSSR count). The van der Waals surface area contributed by atoms with Crippen LogP contribution in [0.2, 0.25) is 0 Å². The van der Waals surface area contributed by atoms with Gasteiger partial charge in [-0.05, 0) is 108 Å². The number of likely N-dealkylation sites (tertiary alicyclic amines) is 2. The van der Waals surface area contributed by atoms with E-state index in [9.17, 15) is 0 Å². The lowest BCUT2D eigenvalue weighted by Crippen LogP contribution is -2.44. The lowest BCUT2D eigenvalue weighted by molar-refractivity contribution is 0.126. The molecule has 3 nitrogen and oxygen atoms in total. The molecule has 2 aromatic carbocycles. The standard InChI is InChI=1S/C26H35N3S/c1-21-10-11-24-26(20-21)30-25-9-3-2-8-23(25)29(24)17-7-4-14-27-18-12-22(13-19-27)28-15-5-6-16-28/h2-3,8-11,20,22H,4-7,12-19H2,1H3. The van der Waals surface area contributed by atoms with Crippen molar-refractivity contribution in [3.05, 3.63) is 48.0 Å². The first-order valence-electron chi connectivity index (χ1n) is 11.9. The second-order valence-electron chi connectivity index (χ2n) is 9.22. The van der Waals surface area contributed by atoms with E-state index in [2.05, 4.69) is 64.1 Å². The van der Waals surface area contributed by atoms with E-state index < -0.39 is 0 Å². The van der Waals surface area contributed by atoms with Gasteiger partial charge >= 0.3 is 0 Å². The number of para-hydroxylation sites is 1. The molecule has 0 aliphatic carbocycles. The van der Waals surface area contributed by atoms with Crippen molar-refractivity contribution in [3.8, 4) is 0 Å². The van der Waals surface area contributed by atoms with Gasteiger partial charge in [-0.25, -0.2) is 0 Å². The molecule has 0 aromatic heterocycles. The van der Waals surface area contributed by atoms with Gasteiger partial charge in [-0.1, -0.05) is 30.0 Å². The molecule has 0 atom stereocenters. The van der Waals surface area contributed by atoms with Gasteiger partial charge in [0.2, 0.25) is 0 Å². The van der Waals surface area contributed by atoms with Crippen LogP contribution in [0.3, 0.4) is 0 Å². The number of nitrogens with zero attached hydrogens (tertiary/aromatic N) is 3. The highest BCUT2D eigenvalue weighted by Gasteiger charge is 2.26. The summed E-state index contributed by atoms with van der Waals surface area (Å²) in [5, 5.41) is 0. The molecule has 4 heteroatoms. The normalized spacial score (nSPS) is 20.4. The van der Waals surface area contributed by atoms with E-state index in [1.54, 1.807) is 0 Å². The van der Waals surface area contributed by atoms with Crippen molar-refractivity contribution in [2.45, 2.75) is 61.3 Å². The van der Waals surface area contributed by atoms with Gasteiger partial charge in [0.25, 0.3) is 0 Å². The molecule has 160 valence electrons. The van der Waals surface area contributed by atoms with Gasteiger partial charge in [0.1, 0.15) is 0 Å². The molecule has 30 heavy (non-hydrogen) atoms. The first kappa shape index (κ1) is 20.4. The summed E-state index contributed by atoms with van der Waals surface area (Å²) in [4.78, 5) is 10.8. The number of fused-ring (bicyclic) bond motifs is 2. The minimum atomic E-state index is 0.867. The molecule has 0 N–H and O–H groups in total. The number of hydrogen-bond acceptors (Lipinski definition) is 4. The maximum absolute atomic E-state index is 2.75. The van der Waals surface area contributed by atoms with Gasteiger partial charge in [0.15, 0.2) is 0 Å². The van der Waals surface area contributed by atoms with E-state index in [0.717, 1.165) is 12.6 Å². The van der Waals surface area contributed by atoms with Crippen molar-refractivity contribution in [1.82, 2.24) is 9.80 Å². The second-order valence-corrected chi connectivity index (χ2v) is 10.3. The Morgan fingerprint density at radius 2 is 1.57 bits per heavy atom. The number of hydrogen-bond donors (Lipinski definition) is 0. The van der Waals surface area contributed by atoms with E-state index in [4.69, 9.17) is 0 Å². The van der Waals surface area contributed by atoms with E-state index in [0.29, 0.717) is 0 Å². The summed E-state index contributed by atoms with van der Waals surface area (Å²) in [6.45, 7) is 9.86. The molecule has 3 heterocycles. The molecule has 0 saturated carbocycles. The summed E-state index contributed by atoms with van der Waals surface area (Å²) >= 11 is 1.92. The molecule has 3 aliphatic heterocycles. The van der Waals surface area contributed by atoms with Crippen molar-refractivity contribution in [2.75, 3.05) is 44.2 Å². The molecule has 0 unspecified atom stereocenters. The van der Waals surface area contributed by atoms with Crippen LogP contribution < -0.4 is 4.90 Å². The Kier molecular flexibility index (Phi) is 6.35. The van der Waals surface area contributed by atoms with E-state index in [1.807, 2.05) is 11.8 Å². The molecule has 2 saturated heterocycles. The lowest BCUT2D eigenvalue weighted by atomic mass is 10.0. The van der Waals surface area contributed by atoms with E-state index in [-0.39, 0.29) is 0 Å². The summed E-state index contributed by atoms with van der Waals surface area (Å²) < 4.78 is 0. The van der Waals surface area contributed by atoms with Crippen LogP contribution in [0.5, 0.6) is 0 Å². The highest BCUT2D eigenvalue weighted by Crippen LogP contribution is 2.48. The summed E-state index contributed by atoms with van der Waals surface area (Å²) in [6, 6.07) is 16.7. The van der Waals surface area contributed by atoms with Crippen LogP contribution in [-0.4, -0.2) is 55.1 Å². The summed E-state index contributed by atoms with van der Waals surface area (Å²) in [6.07, 6.45) is 8.13. The quantitative estimate of drug-likeness (QED) is 0.534. The fourth-order valence-electron chi connectivity index (χ4n) is 5.40. The van der Waals surface area contributed by atoms with Crippen molar-refractivity contribution in [3.63, 3.8) is 0 Å². The van der Waals surface area contributed by atoms with Crippen molar-refractivity contribution in [2.24, 2.45) is 0 Å². The molecule has 2 aromatic rings. The van der Waals surface area contributed by atoms with Crippen LogP contribution in [-0.2, 0) is 0 Å². The first-order valence-corrected chi connectivity index (χ1v) is 12.7. The summed E-state index contributed by atoms with van der Waals surface area (Å²) in [5.41, 5.74) is 4.11. The van der Waals surface area contributed by atoms with Gasteiger partial charge in [0.05, 0.1) is 11.4 Å². The number of piperidine rings is 1. The second kappa shape index (κ2) is 9.33. The fourth-order valence-corrected chi connectivity index (χ4v) is 6.60. The topological polar surface area (TPSA) is 9.72 Å². The number of unbranched alkanes of at least 4 members (excludes halogenated alkanes) is 1. The van der Waals surface area contributed by atoms with Crippen LogP contribution >= 0.6 is 11.8 Å². The molecule has 0 amide bonds. The van der Waals surface area contributed by atoms with E-state index in [1.165, 1.54) is 98.0 Å². The smallest absolute Gasteiger partial charge is 0.0553 e. The maximum atomic E-state index is 2.75. The molecular weight excluding hydrogens is 386 g/mol. The highest BCUT2D eigenvalue weighted by atomic mass is 32.2. The molecule has 0 bridgehead atoms.